The highest BCUT2D eigenvalue weighted by atomic mass is 16.5. The predicted molar refractivity (Wildman–Crippen MR) is 100.0 cm³/mol. The van der Waals surface area contributed by atoms with Gasteiger partial charge in [-0.15, -0.1) is 0 Å². The van der Waals surface area contributed by atoms with E-state index in [1.807, 2.05) is 19.9 Å². The molecular weight excluding hydrogens is 362 g/mol. The largest absolute Gasteiger partial charge is 0.481 e. The first kappa shape index (κ1) is 18.2. The van der Waals surface area contributed by atoms with Crippen LogP contribution in [0.4, 0.5) is 0 Å². The summed E-state index contributed by atoms with van der Waals surface area (Å²) in [5, 5.41) is 13.9. The Hall–Kier alpha value is -3.16. The zero-order chi connectivity index (χ0) is 20.2. The molecule has 8 nitrogen and oxygen atoms in total. The number of fused-ring (bicyclic) bond motifs is 1. The van der Waals surface area contributed by atoms with Crippen molar-refractivity contribution in [2.45, 2.75) is 40.2 Å². The highest BCUT2D eigenvalue weighted by Crippen LogP contribution is 2.33. The van der Waals surface area contributed by atoms with E-state index in [0.717, 1.165) is 11.3 Å². The van der Waals surface area contributed by atoms with Crippen LogP contribution in [-0.2, 0) is 4.79 Å². The second-order valence-corrected chi connectivity index (χ2v) is 7.30. The fourth-order valence-electron chi connectivity index (χ4n) is 4.00. The van der Waals surface area contributed by atoms with E-state index < -0.39 is 17.9 Å². The second-order valence-electron chi connectivity index (χ2n) is 7.30. The van der Waals surface area contributed by atoms with Gasteiger partial charge < -0.3 is 18.9 Å². The number of aromatic nitrogens is 2. The molecule has 1 N–H and O–H groups in total. The van der Waals surface area contributed by atoms with E-state index in [4.69, 9.17) is 8.94 Å². The summed E-state index contributed by atoms with van der Waals surface area (Å²) in [6.45, 7) is 7.60. The molecule has 28 heavy (non-hydrogen) atoms. The monoisotopic (exact) mass is 383 g/mol. The molecule has 1 aliphatic rings. The van der Waals surface area contributed by atoms with Crippen LogP contribution in [0.5, 0.6) is 0 Å². The number of likely N-dealkylation sites (tertiary alicyclic amines) is 1. The molecular formula is C20H21N3O5. The van der Waals surface area contributed by atoms with Crippen LogP contribution >= 0.6 is 0 Å². The number of carboxylic acids is 1. The van der Waals surface area contributed by atoms with Crippen LogP contribution < -0.4 is 0 Å². The van der Waals surface area contributed by atoms with Crippen molar-refractivity contribution in [1.29, 1.82) is 0 Å². The Kier molecular flexibility index (Phi) is 4.21. The molecule has 2 unspecified atom stereocenters. The van der Waals surface area contributed by atoms with Crippen molar-refractivity contribution in [3.63, 3.8) is 0 Å². The highest BCUT2D eigenvalue weighted by Gasteiger charge is 2.39. The first-order valence-corrected chi connectivity index (χ1v) is 9.16. The SMILES string of the molecule is Cc1cc(-c2cc(C(=O)N3CCC(C(=O)O)C3C)c3c(C)noc3n2)c(C)o1. The van der Waals surface area contributed by atoms with Crippen molar-refractivity contribution in [3.05, 3.63) is 34.9 Å². The van der Waals surface area contributed by atoms with E-state index in [-0.39, 0.29) is 11.6 Å². The first-order valence-electron chi connectivity index (χ1n) is 9.16. The van der Waals surface area contributed by atoms with Gasteiger partial charge in [-0.1, -0.05) is 5.16 Å². The number of carboxylic acid groups (broad SMARTS) is 1. The number of furan rings is 1. The summed E-state index contributed by atoms with van der Waals surface area (Å²) in [5.74, 6) is -0.251. The summed E-state index contributed by atoms with van der Waals surface area (Å²) in [7, 11) is 0. The average molecular weight is 383 g/mol. The van der Waals surface area contributed by atoms with Crippen molar-refractivity contribution >= 4 is 23.0 Å². The van der Waals surface area contributed by atoms with Crippen molar-refractivity contribution in [2.75, 3.05) is 6.54 Å². The number of carbonyl (C=O) groups is 2. The van der Waals surface area contributed by atoms with Crippen molar-refractivity contribution in [3.8, 4) is 11.3 Å². The lowest BCUT2D eigenvalue weighted by atomic mass is 10.0. The van der Waals surface area contributed by atoms with Crippen LogP contribution in [0, 0.1) is 26.7 Å². The van der Waals surface area contributed by atoms with Crippen LogP contribution in [0.2, 0.25) is 0 Å². The lowest BCUT2D eigenvalue weighted by Crippen LogP contribution is -2.37. The number of nitrogens with zero attached hydrogens (tertiary/aromatic N) is 3. The third kappa shape index (κ3) is 2.76. The molecule has 1 saturated heterocycles. The van der Waals surface area contributed by atoms with Gasteiger partial charge in [0.2, 0.25) is 0 Å². The molecule has 0 saturated carbocycles. The Morgan fingerprint density at radius 1 is 1.25 bits per heavy atom. The molecule has 0 bridgehead atoms. The van der Waals surface area contributed by atoms with Gasteiger partial charge in [0.1, 0.15) is 11.5 Å². The Morgan fingerprint density at radius 2 is 2.00 bits per heavy atom. The number of aryl methyl sites for hydroxylation is 3. The quantitative estimate of drug-likeness (QED) is 0.738. The number of hydrogen-bond donors (Lipinski definition) is 1. The molecule has 1 amide bonds. The topological polar surface area (TPSA) is 110 Å². The lowest BCUT2D eigenvalue weighted by molar-refractivity contribution is -0.142. The lowest BCUT2D eigenvalue weighted by Gasteiger charge is -2.23. The fraction of sp³-hybridized carbons (Fsp3) is 0.400. The molecule has 0 aliphatic carbocycles. The van der Waals surface area contributed by atoms with Gasteiger partial charge >= 0.3 is 5.97 Å². The third-order valence-electron chi connectivity index (χ3n) is 5.50. The number of hydrogen-bond acceptors (Lipinski definition) is 6. The van der Waals surface area contributed by atoms with Crippen LogP contribution in [0.25, 0.3) is 22.4 Å². The minimum atomic E-state index is -0.881. The number of rotatable bonds is 3. The minimum Gasteiger partial charge on any atom is -0.481 e. The van der Waals surface area contributed by atoms with Gasteiger partial charge in [0, 0.05) is 18.2 Å². The maximum Gasteiger partial charge on any atom is 0.308 e. The van der Waals surface area contributed by atoms with E-state index in [2.05, 4.69) is 10.1 Å². The summed E-state index contributed by atoms with van der Waals surface area (Å²) in [4.78, 5) is 30.9. The molecule has 1 aliphatic heterocycles. The van der Waals surface area contributed by atoms with Crippen LogP contribution in [0.1, 0.15) is 40.9 Å². The van der Waals surface area contributed by atoms with Crippen LogP contribution in [0.3, 0.4) is 0 Å². The van der Waals surface area contributed by atoms with E-state index in [0.29, 0.717) is 41.1 Å². The van der Waals surface area contributed by atoms with Crippen molar-refractivity contribution in [1.82, 2.24) is 15.0 Å². The molecule has 0 aromatic carbocycles. The second kappa shape index (κ2) is 6.47. The standard InChI is InChI=1S/C20H21N3O5/c1-9-7-14(12(4)27-9)16-8-15(17-10(2)22-28-18(17)21-16)19(24)23-6-5-13(11(23)3)20(25)26/h7-8,11,13H,5-6H2,1-4H3,(H,25,26). The molecule has 0 spiro atoms. The smallest absolute Gasteiger partial charge is 0.308 e. The van der Waals surface area contributed by atoms with E-state index >= 15 is 0 Å². The van der Waals surface area contributed by atoms with Gasteiger partial charge in [-0.2, -0.15) is 0 Å². The number of aliphatic carboxylic acids is 1. The van der Waals surface area contributed by atoms with E-state index in [9.17, 15) is 14.7 Å². The highest BCUT2D eigenvalue weighted by molar-refractivity contribution is 6.07. The van der Waals surface area contributed by atoms with Crippen LogP contribution in [-0.4, -0.2) is 44.6 Å². The van der Waals surface area contributed by atoms with Crippen molar-refractivity contribution in [2.24, 2.45) is 5.92 Å². The van der Waals surface area contributed by atoms with Gasteiger partial charge in [0.15, 0.2) is 0 Å². The third-order valence-corrected chi connectivity index (χ3v) is 5.50. The Morgan fingerprint density at radius 3 is 2.61 bits per heavy atom. The zero-order valence-corrected chi connectivity index (χ0v) is 16.1. The molecule has 3 aromatic heterocycles. The maximum absolute atomic E-state index is 13.4. The van der Waals surface area contributed by atoms with Crippen molar-refractivity contribution < 1.29 is 23.6 Å². The van der Waals surface area contributed by atoms with Gasteiger partial charge in [0.05, 0.1) is 28.3 Å². The van der Waals surface area contributed by atoms with E-state index in [1.54, 1.807) is 24.8 Å². The van der Waals surface area contributed by atoms with Gasteiger partial charge in [-0.3, -0.25) is 9.59 Å². The summed E-state index contributed by atoms with van der Waals surface area (Å²) in [5.41, 5.74) is 2.59. The average Bonchev–Trinajstić information content (AvgIpc) is 3.31. The molecule has 4 heterocycles. The molecule has 2 atom stereocenters. The number of pyridine rings is 1. The van der Waals surface area contributed by atoms with Gasteiger partial charge in [-0.25, -0.2) is 4.98 Å². The summed E-state index contributed by atoms with van der Waals surface area (Å²) in [6.07, 6.45) is 0.436. The molecule has 4 rings (SSSR count). The molecule has 8 heteroatoms. The van der Waals surface area contributed by atoms with Gasteiger partial charge in [0.25, 0.3) is 11.6 Å². The Balaban J connectivity index is 1.84. The zero-order valence-electron chi connectivity index (χ0n) is 16.1. The number of amides is 1. The summed E-state index contributed by atoms with van der Waals surface area (Å²) in [6, 6.07) is 3.18. The molecule has 0 radical (unpaired) electrons. The first-order chi connectivity index (χ1) is 13.3. The summed E-state index contributed by atoms with van der Waals surface area (Å²) < 4.78 is 10.9. The Bertz CT molecular complexity index is 1100. The van der Waals surface area contributed by atoms with Crippen LogP contribution in [0.15, 0.2) is 21.1 Å². The molecule has 1 fully saturated rings. The Labute approximate surface area is 161 Å². The minimum absolute atomic E-state index is 0.242. The molecule has 3 aromatic rings. The fourth-order valence-corrected chi connectivity index (χ4v) is 4.00. The summed E-state index contributed by atoms with van der Waals surface area (Å²) >= 11 is 0. The predicted octanol–water partition coefficient (Wildman–Crippen LogP) is 3.34. The molecule has 146 valence electrons. The normalized spacial score (nSPS) is 19.5. The van der Waals surface area contributed by atoms with Gasteiger partial charge in [-0.05, 0) is 46.2 Å². The van der Waals surface area contributed by atoms with E-state index in [1.165, 1.54) is 0 Å². The number of carbonyl (C=O) groups excluding carboxylic acids is 1. The maximum atomic E-state index is 13.4.